The Kier molecular flexibility index (Phi) is 9.80. The van der Waals surface area contributed by atoms with Gasteiger partial charge in [0.15, 0.2) is 17.5 Å². The van der Waals surface area contributed by atoms with Crippen LogP contribution in [0.25, 0.3) is 107 Å². The topological polar surface area (TPSA) is 56.5 Å². The van der Waals surface area contributed by atoms with Crippen LogP contribution >= 0.6 is 0 Å². The summed E-state index contributed by atoms with van der Waals surface area (Å²) in [6.45, 7) is 0. The maximum absolute atomic E-state index is 5.11. The summed E-state index contributed by atoms with van der Waals surface area (Å²) >= 11 is 0. The van der Waals surface area contributed by atoms with Gasteiger partial charge < -0.3 is 0 Å². The SMILES string of the molecule is c1ccc(-c2nc(-c3ccccc3)nc(-c3ccc(-c4c(-c5ccccc5)ccc(-c5ccccc5)c4-c4ccc(-n5c(-c6ccccc6)nc6ccccc65)cc4)cc3)n2)cc1. The van der Waals surface area contributed by atoms with E-state index in [0.29, 0.717) is 17.5 Å². The molecule has 0 saturated heterocycles. The zero-order valence-corrected chi connectivity index (χ0v) is 34.3. The lowest BCUT2D eigenvalue weighted by molar-refractivity contribution is 1.07. The van der Waals surface area contributed by atoms with Gasteiger partial charge in [0.2, 0.25) is 0 Å². The van der Waals surface area contributed by atoms with E-state index < -0.39 is 0 Å². The second-order valence-corrected chi connectivity index (χ2v) is 15.4. The van der Waals surface area contributed by atoms with Gasteiger partial charge >= 0.3 is 0 Å². The van der Waals surface area contributed by atoms with Gasteiger partial charge in [-0.05, 0) is 68.8 Å². The van der Waals surface area contributed by atoms with Gasteiger partial charge in [-0.3, -0.25) is 4.57 Å². The van der Waals surface area contributed by atoms with Gasteiger partial charge in [-0.2, -0.15) is 0 Å². The third-order valence-corrected chi connectivity index (χ3v) is 11.5. The second-order valence-electron chi connectivity index (χ2n) is 15.4. The summed E-state index contributed by atoms with van der Waals surface area (Å²) in [5.74, 6) is 2.80. The molecule has 0 aliphatic heterocycles. The molecule has 0 bridgehead atoms. The Morgan fingerprint density at radius 1 is 0.254 bits per heavy atom. The Morgan fingerprint density at radius 3 is 1.06 bits per heavy atom. The predicted octanol–water partition coefficient (Wildman–Crippen LogP) is 14.5. The Labute approximate surface area is 366 Å². The first-order valence-corrected chi connectivity index (χ1v) is 21.1. The molecule has 0 unspecified atom stereocenters. The molecule has 0 spiro atoms. The van der Waals surface area contributed by atoms with Crippen LogP contribution in [-0.4, -0.2) is 24.5 Å². The number of nitrogens with zero attached hydrogens (tertiary/aromatic N) is 5. The first-order chi connectivity index (χ1) is 31.2. The second kappa shape index (κ2) is 16.5. The van der Waals surface area contributed by atoms with Crippen LogP contribution < -0.4 is 0 Å². The highest BCUT2D eigenvalue weighted by molar-refractivity contribution is 6.02. The van der Waals surface area contributed by atoms with Crippen LogP contribution in [-0.2, 0) is 0 Å². The molecule has 0 saturated carbocycles. The van der Waals surface area contributed by atoms with Crippen molar-refractivity contribution in [2.24, 2.45) is 0 Å². The lowest BCUT2D eigenvalue weighted by Crippen LogP contribution is -2.00. The minimum Gasteiger partial charge on any atom is -0.292 e. The van der Waals surface area contributed by atoms with E-state index in [9.17, 15) is 0 Å². The normalized spacial score (nSPS) is 11.2. The molecule has 0 aliphatic carbocycles. The molecule has 11 aromatic rings. The number of hydrogen-bond donors (Lipinski definition) is 0. The Balaban J connectivity index is 1.09. The van der Waals surface area contributed by atoms with Crippen molar-refractivity contribution in [1.82, 2.24) is 24.5 Å². The fraction of sp³-hybridized carbons (Fsp3) is 0. The fourth-order valence-electron chi connectivity index (χ4n) is 8.49. The van der Waals surface area contributed by atoms with E-state index in [4.69, 9.17) is 19.9 Å². The Bertz CT molecular complexity index is 3270. The van der Waals surface area contributed by atoms with Gasteiger partial charge in [0.1, 0.15) is 5.82 Å². The molecule has 2 aromatic heterocycles. The van der Waals surface area contributed by atoms with Gasteiger partial charge in [-0.25, -0.2) is 19.9 Å². The van der Waals surface area contributed by atoms with E-state index in [1.807, 2.05) is 72.8 Å². The number of hydrogen-bond acceptors (Lipinski definition) is 4. The molecule has 11 rings (SSSR count). The zero-order valence-electron chi connectivity index (χ0n) is 34.3. The summed E-state index contributed by atoms with van der Waals surface area (Å²) in [7, 11) is 0. The molecule has 0 radical (unpaired) electrons. The fourth-order valence-corrected chi connectivity index (χ4v) is 8.49. The van der Waals surface area contributed by atoms with Crippen molar-refractivity contribution in [2.45, 2.75) is 0 Å². The van der Waals surface area contributed by atoms with Gasteiger partial charge in [-0.1, -0.05) is 212 Å². The minimum absolute atomic E-state index is 0.619. The smallest absolute Gasteiger partial charge is 0.164 e. The maximum atomic E-state index is 5.11. The summed E-state index contributed by atoms with van der Waals surface area (Å²) in [5.41, 5.74) is 16.0. The average Bonchev–Trinajstić information content (AvgIpc) is 3.77. The molecule has 2 heterocycles. The standard InChI is InChI=1S/C58H39N5/c1-6-18-40(19-7-1)49-38-39-50(41-20-8-2-9-21-41)54(43-34-36-48(37-35-43)63-52-29-17-16-28-51(52)59-58(63)47-26-14-5-15-27-47)53(49)42-30-32-46(33-31-42)57-61-55(44-22-10-3-11-23-44)60-56(62-57)45-24-12-4-13-25-45/h1-39H. The maximum Gasteiger partial charge on any atom is 0.164 e. The third kappa shape index (κ3) is 7.28. The zero-order chi connectivity index (χ0) is 42.0. The van der Waals surface area contributed by atoms with Crippen molar-refractivity contribution in [3.8, 4) is 95.7 Å². The molecule has 0 fully saturated rings. The van der Waals surface area contributed by atoms with E-state index >= 15 is 0 Å². The van der Waals surface area contributed by atoms with Crippen molar-refractivity contribution in [3.63, 3.8) is 0 Å². The molecule has 296 valence electrons. The van der Waals surface area contributed by atoms with Gasteiger partial charge in [0.05, 0.1) is 11.0 Å². The van der Waals surface area contributed by atoms with Crippen LogP contribution in [0.4, 0.5) is 0 Å². The molecule has 0 aliphatic rings. The summed E-state index contributed by atoms with van der Waals surface area (Å²) in [5, 5.41) is 0. The highest BCUT2D eigenvalue weighted by Crippen LogP contribution is 2.46. The minimum atomic E-state index is 0.619. The number of benzene rings is 9. The summed E-state index contributed by atoms with van der Waals surface area (Å²) in [6, 6.07) is 82.5. The molecule has 5 heteroatoms. The molecular formula is C58H39N5. The number of imidazole rings is 1. The van der Waals surface area contributed by atoms with E-state index in [1.54, 1.807) is 0 Å². The van der Waals surface area contributed by atoms with E-state index in [-0.39, 0.29) is 0 Å². The quantitative estimate of drug-likeness (QED) is 0.146. The van der Waals surface area contributed by atoms with Crippen molar-refractivity contribution in [1.29, 1.82) is 0 Å². The summed E-state index contributed by atoms with van der Waals surface area (Å²) in [6.07, 6.45) is 0. The molecule has 0 atom stereocenters. The van der Waals surface area contributed by atoms with Crippen molar-refractivity contribution >= 4 is 11.0 Å². The Morgan fingerprint density at radius 2 is 0.603 bits per heavy atom. The molecule has 5 nitrogen and oxygen atoms in total. The number of rotatable bonds is 9. The van der Waals surface area contributed by atoms with E-state index in [0.717, 1.165) is 89.3 Å². The Hall–Kier alpha value is -8.54. The van der Waals surface area contributed by atoms with E-state index in [1.165, 1.54) is 0 Å². The van der Waals surface area contributed by atoms with Gasteiger partial charge in [-0.15, -0.1) is 0 Å². The molecule has 0 amide bonds. The molecule has 0 N–H and O–H groups in total. The van der Waals surface area contributed by atoms with Crippen LogP contribution in [0.3, 0.4) is 0 Å². The average molecular weight is 806 g/mol. The molecule has 9 aromatic carbocycles. The van der Waals surface area contributed by atoms with Crippen LogP contribution in [0.2, 0.25) is 0 Å². The monoisotopic (exact) mass is 805 g/mol. The number of para-hydroxylation sites is 2. The van der Waals surface area contributed by atoms with Crippen LogP contribution in [0.1, 0.15) is 0 Å². The largest absolute Gasteiger partial charge is 0.292 e. The van der Waals surface area contributed by atoms with Crippen molar-refractivity contribution < 1.29 is 0 Å². The molecular weight excluding hydrogens is 767 g/mol. The third-order valence-electron chi connectivity index (χ3n) is 11.5. The highest BCUT2D eigenvalue weighted by atomic mass is 15.1. The predicted molar refractivity (Wildman–Crippen MR) is 258 cm³/mol. The van der Waals surface area contributed by atoms with Gasteiger partial charge in [0, 0.05) is 27.9 Å². The van der Waals surface area contributed by atoms with Crippen LogP contribution in [0, 0.1) is 0 Å². The number of fused-ring (bicyclic) bond motifs is 1. The highest BCUT2D eigenvalue weighted by Gasteiger charge is 2.21. The van der Waals surface area contributed by atoms with Crippen molar-refractivity contribution in [2.75, 3.05) is 0 Å². The van der Waals surface area contributed by atoms with Gasteiger partial charge in [0.25, 0.3) is 0 Å². The summed E-state index contributed by atoms with van der Waals surface area (Å²) in [4.78, 5) is 20.1. The number of aromatic nitrogens is 5. The lowest BCUT2D eigenvalue weighted by Gasteiger charge is -2.21. The van der Waals surface area contributed by atoms with Crippen molar-refractivity contribution in [3.05, 3.63) is 237 Å². The van der Waals surface area contributed by atoms with Crippen LogP contribution in [0.5, 0.6) is 0 Å². The molecule has 63 heavy (non-hydrogen) atoms. The van der Waals surface area contributed by atoms with E-state index in [2.05, 4.69) is 168 Å². The first-order valence-electron chi connectivity index (χ1n) is 21.1. The lowest BCUT2D eigenvalue weighted by atomic mass is 9.82. The first kappa shape index (κ1) is 37.5. The summed E-state index contributed by atoms with van der Waals surface area (Å²) < 4.78 is 2.26. The van der Waals surface area contributed by atoms with Crippen LogP contribution in [0.15, 0.2) is 237 Å².